The van der Waals surface area contributed by atoms with Crippen LogP contribution in [0.5, 0.6) is 17.2 Å². The van der Waals surface area contributed by atoms with Crippen LogP contribution in [0.1, 0.15) is 16.8 Å². The highest BCUT2D eigenvalue weighted by Crippen LogP contribution is 2.44. The number of primary amides is 1. The summed E-state index contributed by atoms with van der Waals surface area (Å²) in [7, 11) is 6.68. The van der Waals surface area contributed by atoms with Crippen LogP contribution >= 0.6 is 11.8 Å². The highest BCUT2D eigenvalue weighted by Gasteiger charge is 2.27. The summed E-state index contributed by atoms with van der Waals surface area (Å²) in [5.74, 6) is 1.06. The number of rotatable bonds is 7. The van der Waals surface area contributed by atoms with Crippen molar-refractivity contribution in [3.63, 3.8) is 0 Å². The predicted molar refractivity (Wildman–Crippen MR) is 114 cm³/mol. The maximum absolute atomic E-state index is 11.3. The average Bonchev–Trinajstić information content (AvgIpc) is 2.75. The van der Waals surface area contributed by atoms with Crippen molar-refractivity contribution in [2.45, 2.75) is 18.0 Å². The second-order valence-corrected chi connectivity index (χ2v) is 7.82. The molecule has 8 nitrogen and oxygen atoms in total. The van der Waals surface area contributed by atoms with Crippen LogP contribution in [-0.4, -0.2) is 56.5 Å². The maximum atomic E-state index is 11.3. The van der Waals surface area contributed by atoms with E-state index in [9.17, 15) is 10.1 Å². The highest BCUT2D eigenvalue weighted by atomic mass is 32.2. The van der Waals surface area contributed by atoms with Gasteiger partial charge in [0.1, 0.15) is 11.1 Å². The second-order valence-electron chi connectivity index (χ2n) is 6.86. The number of nitrogens with two attached hydrogens (primary N) is 1. The van der Waals surface area contributed by atoms with Crippen molar-refractivity contribution in [1.82, 2.24) is 9.88 Å². The molecule has 0 aliphatic carbocycles. The predicted octanol–water partition coefficient (Wildman–Crippen LogP) is 2.21. The number of likely N-dealkylation sites (N-methyl/N-ethyl adjacent to an activating group) is 1. The average molecular weight is 429 g/mol. The Balaban J connectivity index is 2.31. The van der Waals surface area contributed by atoms with Crippen molar-refractivity contribution in [2.24, 2.45) is 5.73 Å². The quantitative estimate of drug-likeness (QED) is 0.668. The van der Waals surface area contributed by atoms with E-state index in [1.54, 1.807) is 21.3 Å². The number of ether oxygens (including phenoxy) is 3. The minimum Gasteiger partial charge on any atom is -0.493 e. The van der Waals surface area contributed by atoms with E-state index in [1.165, 1.54) is 11.8 Å². The first-order valence-electron chi connectivity index (χ1n) is 9.29. The van der Waals surface area contributed by atoms with Gasteiger partial charge >= 0.3 is 0 Å². The van der Waals surface area contributed by atoms with E-state index in [2.05, 4.69) is 11.0 Å². The molecule has 9 heteroatoms. The lowest BCUT2D eigenvalue weighted by molar-refractivity contribution is -0.115. The van der Waals surface area contributed by atoms with Gasteiger partial charge in [0.25, 0.3) is 0 Å². The normalized spacial score (nSPS) is 13.3. The third-order valence-electron chi connectivity index (χ3n) is 4.93. The zero-order chi connectivity index (χ0) is 21.8. The fraction of sp³-hybridized carbons (Fsp3) is 0.381. The Morgan fingerprint density at radius 2 is 1.93 bits per heavy atom. The third-order valence-corrected chi connectivity index (χ3v) is 5.92. The molecule has 30 heavy (non-hydrogen) atoms. The molecule has 1 aliphatic rings. The van der Waals surface area contributed by atoms with Gasteiger partial charge < -0.3 is 24.8 Å². The Hall–Kier alpha value is -2.96. The molecule has 158 valence electrons. The summed E-state index contributed by atoms with van der Waals surface area (Å²) in [4.78, 5) is 18.2. The monoisotopic (exact) mass is 428 g/mol. The number of hydrogen-bond donors (Lipinski definition) is 1. The van der Waals surface area contributed by atoms with Crippen LogP contribution in [0.25, 0.3) is 11.1 Å². The summed E-state index contributed by atoms with van der Waals surface area (Å²) in [5.41, 5.74) is 9.16. The van der Waals surface area contributed by atoms with Gasteiger partial charge in [0.2, 0.25) is 11.7 Å². The molecule has 0 saturated heterocycles. The van der Waals surface area contributed by atoms with Gasteiger partial charge in [-0.25, -0.2) is 4.98 Å². The van der Waals surface area contributed by atoms with Crippen molar-refractivity contribution in [1.29, 1.82) is 5.26 Å². The van der Waals surface area contributed by atoms with Crippen LogP contribution in [0.3, 0.4) is 0 Å². The smallest absolute Gasteiger partial charge is 0.227 e. The minimum absolute atomic E-state index is 0.0507. The lowest BCUT2D eigenvalue weighted by atomic mass is 9.91. The molecule has 0 fully saturated rings. The Morgan fingerprint density at radius 3 is 2.47 bits per heavy atom. The van der Waals surface area contributed by atoms with Crippen LogP contribution in [0.4, 0.5) is 0 Å². The number of nitriles is 1. The van der Waals surface area contributed by atoms with Crippen molar-refractivity contribution >= 4 is 17.7 Å². The van der Waals surface area contributed by atoms with Gasteiger partial charge in [-0.2, -0.15) is 5.26 Å². The number of pyridine rings is 1. The van der Waals surface area contributed by atoms with Crippen LogP contribution < -0.4 is 19.9 Å². The molecule has 0 unspecified atom stereocenters. The summed E-state index contributed by atoms with van der Waals surface area (Å²) in [6, 6.07) is 5.94. The number of hydrogen-bond acceptors (Lipinski definition) is 8. The Morgan fingerprint density at radius 1 is 1.27 bits per heavy atom. The fourth-order valence-corrected chi connectivity index (χ4v) is 4.31. The molecule has 0 spiro atoms. The van der Waals surface area contributed by atoms with Crippen LogP contribution in [-0.2, 0) is 17.8 Å². The summed E-state index contributed by atoms with van der Waals surface area (Å²) in [6.07, 6.45) is 0.749. The number of nitrogens with zero attached hydrogens (tertiary/aromatic N) is 3. The van der Waals surface area contributed by atoms with Crippen molar-refractivity contribution in [3.8, 4) is 34.4 Å². The van der Waals surface area contributed by atoms with Gasteiger partial charge in [0.15, 0.2) is 11.5 Å². The standard InChI is InChI=1S/C21H24N4O4S/c1-25-6-5-15-14(10-25)19(13(9-22)21(24-15)30-11-18(23)26)12-7-16(27-2)20(29-4)17(8-12)28-3/h7-8H,5-6,10-11H2,1-4H3,(H2,23,26). The molecule has 3 rings (SSSR count). The van der Waals surface area contributed by atoms with E-state index in [-0.39, 0.29) is 5.75 Å². The molecular formula is C21H24N4O4S. The molecule has 0 bridgehead atoms. The van der Waals surface area contributed by atoms with Crippen LogP contribution in [0.15, 0.2) is 17.2 Å². The third kappa shape index (κ3) is 4.15. The summed E-state index contributed by atoms with van der Waals surface area (Å²) < 4.78 is 16.4. The number of methoxy groups -OCH3 is 3. The van der Waals surface area contributed by atoms with Gasteiger partial charge in [-0.15, -0.1) is 0 Å². The van der Waals surface area contributed by atoms with E-state index in [0.717, 1.165) is 35.3 Å². The lowest BCUT2D eigenvalue weighted by Crippen LogP contribution is -2.28. The van der Waals surface area contributed by atoms with E-state index in [1.807, 2.05) is 19.2 Å². The van der Waals surface area contributed by atoms with Gasteiger partial charge in [0, 0.05) is 30.8 Å². The van der Waals surface area contributed by atoms with E-state index in [0.29, 0.717) is 34.4 Å². The number of fused-ring (bicyclic) bond motifs is 1. The Labute approximate surface area is 179 Å². The SMILES string of the molecule is COc1cc(-c2c(C#N)c(SCC(N)=O)nc3c2CN(C)CC3)cc(OC)c1OC. The first-order valence-corrected chi connectivity index (χ1v) is 10.3. The summed E-state index contributed by atoms with van der Waals surface area (Å²) in [6.45, 7) is 1.52. The Bertz CT molecular complexity index is 994. The van der Waals surface area contributed by atoms with E-state index < -0.39 is 5.91 Å². The molecule has 0 radical (unpaired) electrons. The van der Waals surface area contributed by atoms with Gasteiger partial charge in [-0.05, 0) is 30.3 Å². The molecule has 1 amide bonds. The number of aromatic nitrogens is 1. The Kier molecular flexibility index (Phi) is 6.70. The highest BCUT2D eigenvalue weighted by molar-refractivity contribution is 8.00. The fourth-order valence-electron chi connectivity index (χ4n) is 3.56. The number of carbonyl (C=O) groups excluding carboxylic acids is 1. The first kappa shape index (κ1) is 21.7. The zero-order valence-electron chi connectivity index (χ0n) is 17.4. The van der Waals surface area contributed by atoms with Crippen molar-refractivity contribution in [2.75, 3.05) is 40.7 Å². The molecule has 0 saturated carbocycles. The van der Waals surface area contributed by atoms with Crippen molar-refractivity contribution in [3.05, 3.63) is 29.0 Å². The van der Waals surface area contributed by atoms with Crippen LogP contribution in [0.2, 0.25) is 0 Å². The van der Waals surface area contributed by atoms with Crippen molar-refractivity contribution < 1.29 is 19.0 Å². The minimum atomic E-state index is -0.461. The second kappa shape index (κ2) is 9.24. The summed E-state index contributed by atoms with van der Waals surface area (Å²) in [5, 5.41) is 10.5. The van der Waals surface area contributed by atoms with E-state index in [4.69, 9.17) is 24.9 Å². The topological polar surface area (TPSA) is 111 Å². The van der Waals surface area contributed by atoms with Gasteiger partial charge in [-0.1, -0.05) is 11.8 Å². The van der Waals surface area contributed by atoms with Gasteiger partial charge in [0.05, 0.1) is 32.6 Å². The molecule has 2 aromatic rings. The largest absolute Gasteiger partial charge is 0.493 e. The number of thioether (sulfide) groups is 1. The number of carbonyl (C=O) groups is 1. The maximum Gasteiger partial charge on any atom is 0.227 e. The molecule has 1 aromatic heterocycles. The first-order chi connectivity index (χ1) is 14.4. The molecule has 0 atom stereocenters. The zero-order valence-corrected chi connectivity index (χ0v) is 18.3. The molecule has 1 aromatic carbocycles. The molecule has 1 aliphatic heterocycles. The molecular weight excluding hydrogens is 404 g/mol. The summed E-state index contributed by atoms with van der Waals surface area (Å²) >= 11 is 1.18. The lowest BCUT2D eigenvalue weighted by Gasteiger charge is -2.28. The van der Waals surface area contributed by atoms with Crippen LogP contribution in [0, 0.1) is 11.3 Å². The van der Waals surface area contributed by atoms with Gasteiger partial charge in [-0.3, -0.25) is 4.79 Å². The molecule has 2 heterocycles. The molecule has 2 N–H and O–H groups in total. The number of amides is 1. The number of benzene rings is 1. The van der Waals surface area contributed by atoms with E-state index >= 15 is 0 Å².